The van der Waals surface area contributed by atoms with Gasteiger partial charge in [0.25, 0.3) is 0 Å². The number of rotatable bonds is 4. The summed E-state index contributed by atoms with van der Waals surface area (Å²) in [6.07, 6.45) is 0. The third kappa shape index (κ3) is 2.74. The smallest absolute Gasteiger partial charge is 0.317 e. The van der Waals surface area contributed by atoms with Crippen molar-refractivity contribution in [3.8, 4) is 0 Å². The van der Waals surface area contributed by atoms with E-state index in [4.69, 9.17) is 4.52 Å². The number of urea groups is 1. The quantitative estimate of drug-likeness (QED) is 0.850. The second-order valence-corrected chi connectivity index (χ2v) is 3.63. The van der Waals surface area contributed by atoms with Gasteiger partial charge in [0.05, 0.1) is 5.69 Å². The van der Waals surface area contributed by atoms with Gasteiger partial charge in [-0.05, 0) is 27.7 Å². The highest BCUT2D eigenvalue weighted by atomic mass is 16.5. The summed E-state index contributed by atoms with van der Waals surface area (Å²) in [7, 11) is 0. The lowest BCUT2D eigenvalue weighted by Gasteiger charge is -2.19. The van der Waals surface area contributed by atoms with E-state index in [2.05, 4.69) is 10.5 Å². The molecule has 0 unspecified atom stereocenters. The number of aryl methyl sites for hydroxylation is 2. The van der Waals surface area contributed by atoms with Gasteiger partial charge >= 0.3 is 6.03 Å². The molecular formula is C11H19N3O2. The molecule has 0 radical (unpaired) electrons. The molecule has 0 fully saturated rings. The summed E-state index contributed by atoms with van der Waals surface area (Å²) in [5, 5.41) is 6.70. The van der Waals surface area contributed by atoms with Gasteiger partial charge in [0, 0.05) is 25.2 Å². The molecule has 0 bridgehead atoms. The monoisotopic (exact) mass is 225 g/mol. The van der Waals surface area contributed by atoms with Crippen molar-refractivity contribution in [3.63, 3.8) is 0 Å². The molecule has 1 aromatic rings. The standard InChI is InChI=1S/C11H19N3O2/c1-5-14(6-2)11(15)12-7-10-8(3)13-16-9(10)4/h5-7H2,1-4H3,(H,12,15). The van der Waals surface area contributed by atoms with E-state index >= 15 is 0 Å². The number of carbonyl (C=O) groups is 1. The highest BCUT2D eigenvalue weighted by Crippen LogP contribution is 2.11. The van der Waals surface area contributed by atoms with Crippen LogP contribution in [0.15, 0.2) is 4.52 Å². The van der Waals surface area contributed by atoms with Crippen molar-refractivity contribution in [2.75, 3.05) is 13.1 Å². The van der Waals surface area contributed by atoms with Gasteiger partial charge in [-0.25, -0.2) is 4.79 Å². The molecule has 16 heavy (non-hydrogen) atoms. The van der Waals surface area contributed by atoms with E-state index in [-0.39, 0.29) is 6.03 Å². The lowest BCUT2D eigenvalue weighted by atomic mass is 10.2. The molecule has 0 aromatic carbocycles. The Bertz CT molecular complexity index is 337. The number of hydrogen-bond donors (Lipinski definition) is 1. The minimum absolute atomic E-state index is 0.0509. The third-order valence-corrected chi connectivity index (χ3v) is 2.65. The van der Waals surface area contributed by atoms with Crippen molar-refractivity contribution in [2.24, 2.45) is 0 Å². The summed E-state index contributed by atoms with van der Waals surface area (Å²) in [5.74, 6) is 0.761. The van der Waals surface area contributed by atoms with E-state index < -0.39 is 0 Å². The maximum atomic E-state index is 11.7. The zero-order chi connectivity index (χ0) is 12.1. The Morgan fingerprint density at radius 2 is 2.00 bits per heavy atom. The summed E-state index contributed by atoms with van der Waals surface area (Å²) in [5.41, 5.74) is 1.79. The van der Waals surface area contributed by atoms with Gasteiger partial charge in [0.2, 0.25) is 0 Å². The summed E-state index contributed by atoms with van der Waals surface area (Å²) in [4.78, 5) is 13.4. The maximum Gasteiger partial charge on any atom is 0.317 e. The van der Waals surface area contributed by atoms with Crippen LogP contribution in [0.4, 0.5) is 4.79 Å². The molecule has 5 heteroatoms. The van der Waals surface area contributed by atoms with Crippen LogP contribution in [-0.4, -0.2) is 29.2 Å². The number of nitrogens with zero attached hydrogens (tertiary/aromatic N) is 2. The molecule has 1 N–H and O–H groups in total. The SMILES string of the molecule is CCN(CC)C(=O)NCc1c(C)noc1C. The lowest BCUT2D eigenvalue weighted by molar-refractivity contribution is 0.203. The molecule has 2 amide bonds. The highest BCUT2D eigenvalue weighted by Gasteiger charge is 2.12. The molecule has 0 aliphatic heterocycles. The van der Waals surface area contributed by atoms with E-state index in [1.54, 1.807) is 4.90 Å². The first-order valence-electron chi connectivity index (χ1n) is 5.54. The van der Waals surface area contributed by atoms with Crippen molar-refractivity contribution in [3.05, 3.63) is 17.0 Å². The summed E-state index contributed by atoms with van der Waals surface area (Å²) in [6.45, 7) is 9.52. The molecule has 0 spiro atoms. The fraction of sp³-hybridized carbons (Fsp3) is 0.636. The van der Waals surface area contributed by atoms with Crippen molar-refractivity contribution < 1.29 is 9.32 Å². The van der Waals surface area contributed by atoms with Crippen LogP contribution in [0.3, 0.4) is 0 Å². The summed E-state index contributed by atoms with van der Waals surface area (Å²) < 4.78 is 5.03. The first-order valence-corrected chi connectivity index (χ1v) is 5.54. The lowest BCUT2D eigenvalue weighted by Crippen LogP contribution is -2.39. The second-order valence-electron chi connectivity index (χ2n) is 3.63. The average molecular weight is 225 g/mol. The molecule has 90 valence electrons. The van der Waals surface area contributed by atoms with Crippen LogP contribution in [-0.2, 0) is 6.54 Å². The Balaban J connectivity index is 2.55. The Morgan fingerprint density at radius 3 is 2.44 bits per heavy atom. The second kappa shape index (κ2) is 5.53. The third-order valence-electron chi connectivity index (χ3n) is 2.65. The van der Waals surface area contributed by atoms with Gasteiger partial charge < -0.3 is 14.7 Å². The molecule has 0 saturated carbocycles. The summed E-state index contributed by atoms with van der Waals surface area (Å²) >= 11 is 0. The van der Waals surface area contributed by atoms with Crippen LogP contribution in [0.1, 0.15) is 30.9 Å². The maximum absolute atomic E-state index is 11.7. The Kier molecular flexibility index (Phi) is 4.34. The Morgan fingerprint density at radius 1 is 1.38 bits per heavy atom. The predicted molar refractivity (Wildman–Crippen MR) is 61.1 cm³/mol. The molecule has 1 rings (SSSR count). The van der Waals surface area contributed by atoms with Gasteiger partial charge in [0.15, 0.2) is 0 Å². The van der Waals surface area contributed by atoms with E-state index in [0.29, 0.717) is 19.6 Å². The van der Waals surface area contributed by atoms with Gasteiger partial charge in [-0.15, -0.1) is 0 Å². The average Bonchev–Trinajstić information content (AvgIpc) is 2.58. The first kappa shape index (κ1) is 12.5. The van der Waals surface area contributed by atoms with Crippen molar-refractivity contribution >= 4 is 6.03 Å². The zero-order valence-electron chi connectivity index (χ0n) is 10.3. The minimum Gasteiger partial charge on any atom is -0.361 e. The van der Waals surface area contributed by atoms with Crippen LogP contribution < -0.4 is 5.32 Å². The van der Waals surface area contributed by atoms with Crippen LogP contribution in [0, 0.1) is 13.8 Å². The molecule has 0 atom stereocenters. The fourth-order valence-corrected chi connectivity index (χ4v) is 1.54. The van der Waals surface area contributed by atoms with Crippen molar-refractivity contribution in [1.82, 2.24) is 15.4 Å². The van der Waals surface area contributed by atoms with Crippen molar-refractivity contribution in [2.45, 2.75) is 34.2 Å². The van der Waals surface area contributed by atoms with Crippen LogP contribution in [0.2, 0.25) is 0 Å². The van der Waals surface area contributed by atoms with Gasteiger partial charge in [0.1, 0.15) is 5.76 Å². The fourth-order valence-electron chi connectivity index (χ4n) is 1.54. The normalized spacial score (nSPS) is 10.2. The molecule has 1 aromatic heterocycles. The topological polar surface area (TPSA) is 58.4 Å². The van der Waals surface area contributed by atoms with E-state index in [0.717, 1.165) is 17.0 Å². The van der Waals surface area contributed by atoms with Gasteiger partial charge in [-0.2, -0.15) is 0 Å². The number of carbonyl (C=O) groups excluding carboxylic acids is 1. The van der Waals surface area contributed by atoms with Crippen LogP contribution in [0.25, 0.3) is 0 Å². The molecule has 0 saturated heterocycles. The predicted octanol–water partition coefficient (Wildman–Crippen LogP) is 1.84. The Labute approximate surface area is 95.8 Å². The molecule has 5 nitrogen and oxygen atoms in total. The minimum atomic E-state index is -0.0509. The molecular weight excluding hydrogens is 206 g/mol. The number of aromatic nitrogens is 1. The number of nitrogens with one attached hydrogen (secondary N) is 1. The van der Waals surface area contributed by atoms with Crippen molar-refractivity contribution in [1.29, 1.82) is 0 Å². The van der Waals surface area contributed by atoms with Gasteiger partial charge in [-0.3, -0.25) is 0 Å². The van der Waals surface area contributed by atoms with E-state index in [9.17, 15) is 4.79 Å². The van der Waals surface area contributed by atoms with Crippen LogP contribution in [0.5, 0.6) is 0 Å². The molecule has 0 aliphatic carbocycles. The zero-order valence-corrected chi connectivity index (χ0v) is 10.3. The highest BCUT2D eigenvalue weighted by molar-refractivity contribution is 5.74. The van der Waals surface area contributed by atoms with Crippen LogP contribution >= 0.6 is 0 Å². The van der Waals surface area contributed by atoms with E-state index in [1.165, 1.54) is 0 Å². The number of hydrogen-bond acceptors (Lipinski definition) is 3. The summed E-state index contributed by atoms with van der Waals surface area (Å²) in [6, 6.07) is -0.0509. The molecule has 1 heterocycles. The number of amides is 2. The molecule has 0 aliphatic rings. The van der Waals surface area contributed by atoms with E-state index in [1.807, 2.05) is 27.7 Å². The first-order chi connectivity index (χ1) is 7.60. The van der Waals surface area contributed by atoms with Gasteiger partial charge in [-0.1, -0.05) is 5.16 Å². The largest absolute Gasteiger partial charge is 0.361 e. The Hall–Kier alpha value is -1.52.